The molecule has 0 unspecified atom stereocenters. The van der Waals surface area contributed by atoms with Crippen molar-refractivity contribution in [1.82, 2.24) is 5.32 Å². The van der Waals surface area contributed by atoms with Crippen molar-refractivity contribution in [3.05, 3.63) is 89.5 Å². The molecule has 0 aromatic heterocycles. The molecule has 1 heterocycles. The largest absolute Gasteiger partial charge is 0.481 e. The lowest BCUT2D eigenvalue weighted by atomic mass is 9.97. The predicted octanol–water partition coefficient (Wildman–Crippen LogP) is 2.85. The van der Waals surface area contributed by atoms with Crippen molar-refractivity contribution in [2.75, 3.05) is 23.4 Å². The SMILES string of the molecule is CC(=O)O.CCOC(=O)[C@H](C)NC(=O)[C@H](Cc1ccccc1)C(=O)Nc1ccc2c(c1)OCC(=O)N2Cc1ccc(C(=N)N)cc1. The number of carboxylic acids is 1. The highest BCUT2D eigenvalue weighted by molar-refractivity contribution is 6.08. The van der Waals surface area contributed by atoms with E-state index in [1.165, 1.54) is 6.92 Å². The molecular formula is C33H37N5O8. The summed E-state index contributed by atoms with van der Waals surface area (Å²) in [4.78, 5) is 62.0. The number of amidine groups is 1. The maximum atomic E-state index is 13.4. The maximum absolute atomic E-state index is 13.4. The summed E-state index contributed by atoms with van der Waals surface area (Å²) < 4.78 is 10.6. The van der Waals surface area contributed by atoms with Crippen LogP contribution in [0.2, 0.25) is 0 Å². The van der Waals surface area contributed by atoms with Gasteiger partial charge in [0, 0.05) is 24.2 Å². The Bertz CT molecular complexity index is 1570. The van der Waals surface area contributed by atoms with Gasteiger partial charge in [-0.3, -0.25) is 24.6 Å². The van der Waals surface area contributed by atoms with Crippen LogP contribution in [0.4, 0.5) is 11.4 Å². The van der Waals surface area contributed by atoms with Crippen molar-refractivity contribution in [3.63, 3.8) is 0 Å². The third kappa shape index (κ3) is 9.91. The van der Waals surface area contributed by atoms with Crippen molar-refractivity contribution >= 4 is 46.9 Å². The lowest BCUT2D eigenvalue weighted by Gasteiger charge is -2.30. The molecule has 4 rings (SSSR count). The number of rotatable bonds is 11. The highest BCUT2D eigenvalue weighted by Gasteiger charge is 2.31. The number of carbonyl (C=O) groups is 5. The number of amides is 3. The van der Waals surface area contributed by atoms with Crippen LogP contribution in [-0.2, 0) is 41.7 Å². The van der Waals surface area contributed by atoms with E-state index in [0.717, 1.165) is 18.1 Å². The number of carbonyl (C=O) groups excluding carboxylic acids is 4. The van der Waals surface area contributed by atoms with Crippen molar-refractivity contribution in [1.29, 1.82) is 5.41 Å². The number of carboxylic acid groups (broad SMARTS) is 1. The summed E-state index contributed by atoms with van der Waals surface area (Å²) in [5, 5.41) is 20.3. The van der Waals surface area contributed by atoms with Gasteiger partial charge < -0.3 is 35.8 Å². The first kappa shape index (κ1) is 34.8. The Morgan fingerprint density at radius 2 is 1.67 bits per heavy atom. The van der Waals surface area contributed by atoms with E-state index >= 15 is 0 Å². The topological polar surface area (TPSA) is 201 Å². The second-order valence-electron chi connectivity index (χ2n) is 10.3. The number of ether oxygens (including phenoxy) is 2. The summed E-state index contributed by atoms with van der Waals surface area (Å²) in [6.07, 6.45) is 0.111. The van der Waals surface area contributed by atoms with Crippen LogP contribution in [0.5, 0.6) is 5.75 Å². The number of aliphatic carboxylic acids is 1. The Hall–Kier alpha value is -5.72. The second kappa shape index (κ2) is 16.4. The fraction of sp³-hybridized carbons (Fsp3) is 0.273. The molecule has 13 heteroatoms. The molecule has 3 amide bonds. The van der Waals surface area contributed by atoms with E-state index in [2.05, 4.69) is 10.6 Å². The number of nitrogens with zero attached hydrogens (tertiary/aromatic N) is 1. The van der Waals surface area contributed by atoms with Crippen molar-refractivity contribution in [3.8, 4) is 5.75 Å². The first-order chi connectivity index (χ1) is 21.9. The number of hydrogen-bond acceptors (Lipinski definition) is 8. The molecule has 6 N–H and O–H groups in total. The summed E-state index contributed by atoms with van der Waals surface area (Å²) in [7, 11) is 0. The highest BCUT2D eigenvalue weighted by atomic mass is 16.5. The Balaban J connectivity index is 0.00000136. The van der Waals surface area contributed by atoms with E-state index in [-0.39, 0.29) is 37.9 Å². The van der Waals surface area contributed by atoms with Gasteiger partial charge in [0.2, 0.25) is 11.8 Å². The van der Waals surface area contributed by atoms with Crippen LogP contribution in [0, 0.1) is 11.3 Å². The number of anilines is 2. The monoisotopic (exact) mass is 631 g/mol. The third-order valence-electron chi connectivity index (χ3n) is 6.69. The minimum absolute atomic E-state index is 0.0408. The summed E-state index contributed by atoms with van der Waals surface area (Å²) in [6.45, 7) is 4.52. The van der Waals surface area contributed by atoms with Gasteiger partial charge in [0.15, 0.2) is 6.61 Å². The molecule has 0 aliphatic carbocycles. The molecule has 46 heavy (non-hydrogen) atoms. The molecule has 1 aliphatic heterocycles. The number of nitrogen functional groups attached to an aromatic ring is 1. The van der Waals surface area contributed by atoms with E-state index in [1.54, 1.807) is 54.3 Å². The molecular weight excluding hydrogens is 594 g/mol. The summed E-state index contributed by atoms with van der Waals surface area (Å²) in [6, 6.07) is 20.1. The van der Waals surface area contributed by atoms with Gasteiger partial charge in [-0.1, -0.05) is 54.6 Å². The second-order valence-corrected chi connectivity index (χ2v) is 10.3. The minimum atomic E-state index is -1.14. The van der Waals surface area contributed by atoms with E-state index in [4.69, 9.17) is 30.5 Å². The number of nitrogens with two attached hydrogens (primary N) is 1. The fourth-order valence-corrected chi connectivity index (χ4v) is 4.45. The highest BCUT2D eigenvalue weighted by Crippen LogP contribution is 2.35. The van der Waals surface area contributed by atoms with Crippen molar-refractivity contribution < 1.29 is 38.6 Å². The molecule has 3 aromatic carbocycles. The number of esters is 1. The Kier molecular flexibility index (Phi) is 12.4. The molecule has 1 aliphatic rings. The van der Waals surface area contributed by atoms with Gasteiger partial charge in [0.1, 0.15) is 23.5 Å². The van der Waals surface area contributed by atoms with Gasteiger partial charge >= 0.3 is 5.97 Å². The minimum Gasteiger partial charge on any atom is -0.481 e. The van der Waals surface area contributed by atoms with E-state index in [9.17, 15) is 19.2 Å². The van der Waals surface area contributed by atoms with Crippen LogP contribution in [-0.4, -0.2) is 59.9 Å². The standard InChI is InChI=1S/C31H33N5O6.C2H4O2/c1-3-41-31(40)19(2)34-29(38)24(15-20-7-5-4-6-8-20)30(39)35-23-13-14-25-26(16-23)42-18-27(37)36(25)17-21-9-11-22(12-10-21)28(32)33;1-2(3)4/h4-14,16,19,24H,3,15,17-18H2,1-2H3,(H3,32,33)(H,34,38)(H,35,39);1H3,(H,3,4)/t19-,24-;/m0./s1. The smallest absolute Gasteiger partial charge is 0.328 e. The first-order valence-corrected chi connectivity index (χ1v) is 14.4. The molecule has 13 nitrogen and oxygen atoms in total. The van der Waals surface area contributed by atoms with Gasteiger partial charge in [-0.2, -0.15) is 0 Å². The van der Waals surface area contributed by atoms with E-state index in [1.807, 2.05) is 30.3 Å². The van der Waals surface area contributed by atoms with Crippen LogP contribution in [0.25, 0.3) is 0 Å². The van der Waals surface area contributed by atoms with Crippen LogP contribution in [0.3, 0.4) is 0 Å². The van der Waals surface area contributed by atoms with Crippen molar-refractivity contribution in [2.24, 2.45) is 11.7 Å². The molecule has 2 atom stereocenters. The lowest BCUT2D eigenvalue weighted by Crippen LogP contribution is -2.46. The van der Waals surface area contributed by atoms with E-state index in [0.29, 0.717) is 22.7 Å². The average molecular weight is 632 g/mol. The maximum Gasteiger partial charge on any atom is 0.328 e. The number of hydrogen-bond donors (Lipinski definition) is 5. The van der Waals surface area contributed by atoms with Gasteiger partial charge in [-0.15, -0.1) is 0 Å². The summed E-state index contributed by atoms with van der Waals surface area (Å²) in [5.74, 6) is -3.62. The van der Waals surface area contributed by atoms with Gasteiger partial charge in [-0.25, -0.2) is 4.79 Å². The Morgan fingerprint density at radius 3 is 2.28 bits per heavy atom. The third-order valence-corrected chi connectivity index (χ3v) is 6.69. The van der Waals surface area contributed by atoms with Crippen LogP contribution >= 0.6 is 0 Å². The summed E-state index contributed by atoms with van der Waals surface area (Å²) >= 11 is 0. The lowest BCUT2D eigenvalue weighted by molar-refractivity contribution is -0.148. The van der Waals surface area contributed by atoms with Gasteiger partial charge in [-0.05, 0) is 43.5 Å². The Morgan fingerprint density at radius 1 is 1.02 bits per heavy atom. The molecule has 0 saturated heterocycles. The number of nitrogens with one attached hydrogen (secondary N) is 3. The van der Waals surface area contributed by atoms with Crippen LogP contribution < -0.4 is 26.0 Å². The zero-order valence-corrected chi connectivity index (χ0v) is 25.7. The number of fused-ring (bicyclic) bond motifs is 1. The van der Waals surface area contributed by atoms with Crippen molar-refractivity contribution in [2.45, 2.75) is 39.8 Å². The van der Waals surface area contributed by atoms with E-state index < -0.39 is 35.7 Å². The molecule has 3 aromatic rings. The van der Waals surface area contributed by atoms with Gasteiger partial charge in [0.05, 0.1) is 18.8 Å². The quantitative estimate of drug-likeness (QED) is 0.0913. The van der Waals surface area contributed by atoms with Crippen LogP contribution in [0.1, 0.15) is 37.5 Å². The van der Waals surface area contributed by atoms with Gasteiger partial charge in [0.25, 0.3) is 11.9 Å². The predicted molar refractivity (Wildman–Crippen MR) is 170 cm³/mol. The fourth-order valence-electron chi connectivity index (χ4n) is 4.45. The molecule has 0 bridgehead atoms. The molecule has 0 radical (unpaired) electrons. The zero-order valence-electron chi connectivity index (χ0n) is 25.7. The summed E-state index contributed by atoms with van der Waals surface area (Å²) in [5.41, 5.74) is 8.64. The molecule has 0 fully saturated rings. The molecule has 0 saturated carbocycles. The van der Waals surface area contributed by atoms with Crippen LogP contribution in [0.15, 0.2) is 72.8 Å². The molecule has 0 spiro atoms. The normalized spacial score (nSPS) is 13.0. The average Bonchev–Trinajstić information content (AvgIpc) is 3.01. The molecule has 242 valence electrons. The zero-order chi connectivity index (χ0) is 33.8. The Labute approximate surface area is 266 Å². The first-order valence-electron chi connectivity index (χ1n) is 14.4. The number of benzene rings is 3.